The molecule has 0 heterocycles. The molecule has 0 aromatic heterocycles. The minimum atomic E-state index is -2.89. The van der Waals surface area contributed by atoms with Crippen molar-refractivity contribution < 1.29 is 8.42 Å². The fraction of sp³-hybridized carbons (Fsp3) is 1.00. The zero-order valence-corrected chi connectivity index (χ0v) is 8.92. The van der Waals surface area contributed by atoms with Crippen LogP contribution >= 0.6 is 15.9 Å². The molecular formula is C6H13BrO2S. The number of hydrogen-bond acceptors (Lipinski definition) is 2. The molecule has 0 radical (unpaired) electrons. The van der Waals surface area contributed by atoms with Gasteiger partial charge >= 0.3 is 0 Å². The molecule has 0 amide bonds. The predicted octanol–water partition coefficient (Wildman–Crippen LogP) is 1.59. The summed E-state index contributed by atoms with van der Waals surface area (Å²) in [5.74, 6) is 0.214. The second-order valence-corrected chi connectivity index (χ2v) is 6.27. The summed E-state index contributed by atoms with van der Waals surface area (Å²) in [7, 11) is -2.89. The van der Waals surface area contributed by atoms with Gasteiger partial charge in [0.15, 0.2) is 9.84 Å². The first-order chi connectivity index (χ1) is 4.37. The van der Waals surface area contributed by atoms with E-state index in [0.29, 0.717) is 5.33 Å². The van der Waals surface area contributed by atoms with E-state index < -0.39 is 14.6 Å². The van der Waals surface area contributed by atoms with Gasteiger partial charge in [-0.1, -0.05) is 22.9 Å². The fourth-order valence-corrected chi connectivity index (χ4v) is 2.47. The third kappa shape index (κ3) is 1.95. The second kappa shape index (κ2) is 3.22. The van der Waals surface area contributed by atoms with Crippen LogP contribution < -0.4 is 0 Å². The van der Waals surface area contributed by atoms with E-state index in [-0.39, 0.29) is 5.75 Å². The molecule has 0 aliphatic carbocycles. The lowest BCUT2D eigenvalue weighted by atomic mass is 10.3. The fourth-order valence-electron chi connectivity index (χ4n) is 0.474. The van der Waals surface area contributed by atoms with Crippen LogP contribution in [-0.2, 0) is 9.84 Å². The number of sulfone groups is 1. The standard InChI is InChI=1S/C6H13BrO2S/c1-4-10(8,9)6(2,3)5-7/h4-5H2,1-3H3. The molecule has 0 rings (SSSR count). The maximum atomic E-state index is 11.2. The van der Waals surface area contributed by atoms with Gasteiger partial charge in [-0.25, -0.2) is 8.42 Å². The molecule has 0 fully saturated rings. The number of halogens is 1. The van der Waals surface area contributed by atoms with E-state index in [0.717, 1.165) is 0 Å². The van der Waals surface area contributed by atoms with Crippen LogP contribution in [0.1, 0.15) is 20.8 Å². The molecule has 0 aromatic carbocycles. The minimum Gasteiger partial charge on any atom is -0.228 e. The first-order valence-corrected chi connectivity index (χ1v) is 5.93. The molecule has 2 nitrogen and oxygen atoms in total. The lowest BCUT2D eigenvalue weighted by Crippen LogP contribution is -2.34. The van der Waals surface area contributed by atoms with Crippen molar-refractivity contribution in [2.75, 3.05) is 11.1 Å². The average molecular weight is 229 g/mol. The third-order valence-electron chi connectivity index (χ3n) is 1.54. The van der Waals surface area contributed by atoms with Crippen molar-refractivity contribution in [3.63, 3.8) is 0 Å². The Morgan fingerprint density at radius 3 is 1.90 bits per heavy atom. The Kier molecular flexibility index (Phi) is 3.36. The van der Waals surface area contributed by atoms with Gasteiger partial charge < -0.3 is 0 Å². The maximum absolute atomic E-state index is 11.2. The largest absolute Gasteiger partial charge is 0.228 e. The molecule has 0 saturated heterocycles. The van der Waals surface area contributed by atoms with E-state index in [2.05, 4.69) is 15.9 Å². The van der Waals surface area contributed by atoms with Crippen LogP contribution in [0.15, 0.2) is 0 Å². The average Bonchev–Trinajstić information content (AvgIpc) is 1.88. The summed E-state index contributed by atoms with van der Waals surface area (Å²) < 4.78 is 21.8. The van der Waals surface area contributed by atoms with Crippen molar-refractivity contribution in [3.8, 4) is 0 Å². The highest BCUT2D eigenvalue weighted by atomic mass is 79.9. The molecule has 0 N–H and O–H groups in total. The van der Waals surface area contributed by atoms with Gasteiger partial charge in [-0.05, 0) is 13.8 Å². The first-order valence-electron chi connectivity index (χ1n) is 3.15. The van der Waals surface area contributed by atoms with Crippen LogP contribution in [0.5, 0.6) is 0 Å². The summed E-state index contributed by atoms with van der Waals surface area (Å²) in [6, 6.07) is 0. The monoisotopic (exact) mass is 228 g/mol. The van der Waals surface area contributed by atoms with Crippen molar-refractivity contribution in [2.24, 2.45) is 0 Å². The Morgan fingerprint density at radius 1 is 1.40 bits per heavy atom. The van der Waals surface area contributed by atoms with Crippen LogP contribution in [0, 0.1) is 0 Å². The van der Waals surface area contributed by atoms with E-state index in [4.69, 9.17) is 0 Å². The van der Waals surface area contributed by atoms with E-state index in [9.17, 15) is 8.42 Å². The molecule has 4 heteroatoms. The van der Waals surface area contributed by atoms with E-state index in [1.807, 2.05) is 0 Å². The zero-order valence-electron chi connectivity index (χ0n) is 6.52. The zero-order chi connectivity index (χ0) is 8.41. The van der Waals surface area contributed by atoms with E-state index in [1.165, 1.54) is 0 Å². The van der Waals surface area contributed by atoms with Gasteiger partial charge in [0.2, 0.25) is 0 Å². The molecule has 0 aliphatic heterocycles. The minimum absolute atomic E-state index is 0.214. The van der Waals surface area contributed by atoms with Crippen molar-refractivity contribution in [2.45, 2.75) is 25.5 Å². The molecule has 0 atom stereocenters. The van der Waals surface area contributed by atoms with Gasteiger partial charge in [-0.2, -0.15) is 0 Å². The molecule has 62 valence electrons. The first kappa shape index (κ1) is 10.4. The summed E-state index contributed by atoms with van der Waals surface area (Å²) in [5, 5.41) is 0.496. The van der Waals surface area contributed by atoms with E-state index in [1.54, 1.807) is 20.8 Å². The molecule has 0 spiro atoms. The maximum Gasteiger partial charge on any atom is 0.156 e. The molecule has 10 heavy (non-hydrogen) atoms. The van der Waals surface area contributed by atoms with Crippen LogP contribution in [0.2, 0.25) is 0 Å². The summed E-state index contributed by atoms with van der Waals surface area (Å²) in [4.78, 5) is 0. The summed E-state index contributed by atoms with van der Waals surface area (Å²) in [6.45, 7) is 5.11. The van der Waals surface area contributed by atoms with Crippen molar-refractivity contribution in [1.29, 1.82) is 0 Å². The van der Waals surface area contributed by atoms with Crippen LogP contribution in [0.25, 0.3) is 0 Å². The molecule has 0 unspecified atom stereocenters. The summed E-state index contributed by atoms with van der Waals surface area (Å²) >= 11 is 3.17. The summed E-state index contributed by atoms with van der Waals surface area (Å²) in [5.41, 5.74) is 0. The lowest BCUT2D eigenvalue weighted by Gasteiger charge is -2.20. The predicted molar refractivity (Wildman–Crippen MR) is 47.3 cm³/mol. The normalized spacial score (nSPS) is 13.6. The van der Waals surface area contributed by atoms with Gasteiger partial charge in [-0.15, -0.1) is 0 Å². The van der Waals surface area contributed by atoms with Gasteiger partial charge in [0.05, 0.1) is 4.75 Å². The Hall–Kier alpha value is 0.430. The smallest absolute Gasteiger partial charge is 0.156 e. The highest BCUT2D eigenvalue weighted by Crippen LogP contribution is 2.19. The Labute approximate surface area is 71.1 Å². The third-order valence-corrected chi connectivity index (χ3v) is 5.91. The quantitative estimate of drug-likeness (QED) is 0.689. The molecular weight excluding hydrogens is 216 g/mol. The number of rotatable bonds is 3. The van der Waals surface area contributed by atoms with Gasteiger partial charge in [0.1, 0.15) is 0 Å². The summed E-state index contributed by atoms with van der Waals surface area (Å²) in [6.07, 6.45) is 0. The Morgan fingerprint density at radius 2 is 1.80 bits per heavy atom. The van der Waals surface area contributed by atoms with E-state index >= 15 is 0 Å². The van der Waals surface area contributed by atoms with Crippen LogP contribution in [0.4, 0.5) is 0 Å². The highest BCUT2D eigenvalue weighted by Gasteiger charge is 2.30. The highest BCUT2D eigenvalue weighted by molar-refractivity contribution is 9.09. The second-order valence-electron chi connectivity index (χ2n) is 2.80. The molecule has 0 saturated carbocycles. The van der Waals surface area contributed by atoms with Crippen molar-refractivity contribution in [1.82, 2.24) is 0 Å². The SMILES string of the molecule is CCS(=O)(=O)C(C)(C)CBr. The molecule has 0 bridgehead atoms. The van der Waals surface area contributed by atoms with Crippen molar-refractivity contribution in [3.05, 3.63) is 0 Å². The number of alkyl halides is 1. The molecule has 0 aliphatic rings. The molecule has 0 aromatic rings. The van der Waals surface area contributed by atoms with Gasteiger partial charge in [0, 0.05) is 11.1 Å². The number of hydrogen-bond donors (Lipinski definition) is 0. The van der Waals surface area contributed by atoms with Crippen molar-refractivity contribution >= 4 is 25.8 Å². The lowest BCUT2D eigenvalue weighted by molar-refractivity contribution is 0.564. The van der Waals surface area contributed by atoms with Gasteiger partial charge in [0.25, 0.3) is 0 Å². The Balaban J connectivity index is 4.64. The topological polar surface area (TPSA) is 34.1 Å². The van der Waals surface area contributed by atoms with Gasteiger partial charge in [-0.3, -0.25) is 0 Å². The van der Waals surface area contributed by atoms with Crippen LogP contribution in [-0.4, -0.2) is 24.2 Å². The van der Waals surface area contributed by atoms with Crippen LogP contribution in [0.3, 0.4) is 0 Å². The Bertz CT molecular complexity index is 194.